The number of benzene rings is 1. The molecule has 4 rings (SSSR count). The van der Waals surface area contributed by atoms with Gasteiger partial charge in [-0.25, -0.2) is 15.0 Å². The minimum absolute atomic E-state index is 0.205. The highest BCUT2D eigenvalue weighted by molar-refractivity contribution is 5.92. The second-order valence-electron chi connectivity index (χ2n) is 7.10. The van der Waals surface area contributed by atoms with Gasteiger partial charge in [0.15, 0.2) is 17.7 Å². The van der Waals surface area contributed by atoms with Gasteiger partial charge in [0.25, 0.3) is 0 Å². The fourth-order valence-electron chi connectivity index (χ4n) is 3.42. The lowest BCUT2D eigenvalue weighted by Gasteiger charge is -2.20. The number of aliphatic hydroxyl groups excluding tert-OH is 2. The van der Waals surface area contributed by atoms with Gasteiger partial charge < -0.3 is 26.0 Å². The number of nitrogens with two attached hydrogens (primary N) is 1. The van der Waals surface area contributed by atoms with Crippen LogP contribution in [0.1, 0.15) is 17.4 Å². The summed E-state index contributed by atoms with van der Waals surface area (Å²) in [5.41, 5.74) is 8.56. The second kappa shape index (κ2) is 8.19. The van der Waals surface area contributed by atoms with E-state index in [1.54, 1.807) is 6.08 Å². The van der Waals surface area contributed by atoms with Gasteiger partial charge in [-0.1, -0.05) is 29.8 Å². The van der Waals surface area contributed by atoms with Crippen LogP contribution in [0, 0.1) is 6.92 Å². The third kappa shape index (κ3) is 3.75. The molecule has 0 bridgehead atoms. The van der Waals surface area contributed by atoms with Crippen LogP contribution in [0.3, 0.4) is 0 Å². The van der Waals surface area contributed by atoms with E-state index in [1.807, 2.05) is 31.2 Å². The lowest BCUT2D eigenvalue weighted by Crippen LogP contribution is -2.47. The highest BCUT2D eigenvalue weighted by Crippen LogP contribution is 2.31. The Bertz CT molecular complexity index is 1080. The van der Waals surface area contributed by atoms with E-state index in [-0.39, 0.29) is 12.4 Å². The summed E-state index contributed by atoms with van der Waals surface area (Å²) in [7, 11) is 0. The summed E-state index contributed by atoms with van der Waals surface area (Å²) in [4.78, 5) is 24.6. The summed E-state index contributed by atoms with van der Waals surface area (Å²) in [6.45, 7) is 1.60. The first-order chi connectivity index (χ1) is 14.5. The van der Waals surface area contributed by atoms with Crippen molar-refractivity contribution in [2.45, 2.75) is 31.4 Å². The van der Waals surface area contributed by atoms with Crippen molar-refractivity contribution in [3.8, 4) is 0 Å². The van der Waals surface area contributed by atoms with Crippen molar-refractivity contribution in [1.82, 2.24) is 24.8 Å². The summed E-state index contributed by atoms with van der Waals surface area (Å²) < 4.78 is 7.30. The Morgan fingerprint density at radius 2 is 2.07 bits per heavy atom. The van der Waals surface area contributed by atoms with Gasteiger partial charge in [0.1, 0.15) is 24.1 Å². The average molecular weight is 410 g/mol. The van der Waals surface area contributed by atoms with Crippen molar-refractivity contribution in [2.24, 2.45) is 0 Å². The van der Waals surface area contributed by atoms with Crippen LogP contribution in [-0.2, 0) is 9.53 Å². The molecule has 0 unspecified atom stereocenters. The molecule has 156 valence electrons. The number of nitrogens with zero attached hydrogens (tertiary/aromatic N) is 4. The molecule has 0 saturated carbocycles. The Balaban J connectivity index is 1.51. The summed E-state index contributed by atoms with van der Waals surface area (Å²) in [6.07, 6.45) is 2.90. The molecule has 0 radical (unpaired) electrons. The molecule has 1 aliphatic rings. The minimum atomic E-state index is -1.15. The van der Waals surface area contributed by atoms with Crippen molar-refractivity contribution in [3.05, 3.63) is 54.1 Å². The first-order valence-corrected chi connectivity index (χ1v) is 9.40. The van der Waals surface area contributed by atoms with Crippen LogP contribution in [0.2, 0.25) is 0 Å². The molecule has 5 N–H and O–H groups in total. The van der Waals surface area contributed by atoms with Crippen molar-refractivity contribution in [2.75, 3.05) is 12.3 Å². The molecule has 10 nitrogen and oxygen atoms in total. The highest BCUT2D eigenvalue weighted by Gasteiger charge is 2.45. The van der Waals surface area contributed by atoms with Gasteiger partial charge in [-0.3, -0.25) is 9.36 Å². The number of aliphatic hydroxyl groups is 2. The van der Waals surface area contributed by atoms with E-state index >= 15 is 0 Å². The van der Waals surface area contributed by atoms with Crippen LogP contribution >= 0.6 is 0 Å². The van der Waals surface area contributed by atoms with Crippen LogP contribution in [0.15, 0.2) is 43.0 Å². The number of hydrogen-bond acceptors (Lipinski definition) is 8. The van der Waals surface area contributed by atoms with Gasteiger partial charge in [-0.15, -0.1) is 0 Å². The van der Waals surface area contributed by atoms with Crippen LogP contribution in [0.25, 0.3) is 17.2 Å². The molecule has 1 saturated heterocycles. The van der Waals surface area contributed by atoms with Crippen LogP contribution in [-0.4, -0.2) is 60.5 Å². The van der Waals surface area contributed by atoms with E-state index in [1.165, 1.54) is 23.3 Å². The molecule has 1 fully saturated rings. The number of imidazole rings is 1. The number of ether oxygens (including phenoxy) is 1. The number of carbonyl (C=O) groups is 1. The Labute approximate surface area is 172 Å². The van der Waals surface area contributed by atoms with Crippen molar-refractivity contribution in [1.29, 1.82) is 0 Å². The number of anilines is 1. The van der Waals surface area contributed by atoms with Gasteiger partial charge in [0.05, 0.1) is 19.0 Å². The largest absolute Gasteiger partial charge is 0.394 e. The summed E-state index contributed by atoms with van der Waals surface area (Å²) in [6, 6.07) is 6.87. The van der Waals surface area contributed by atoms with Gasteiger partial charge in [0, 0.05) is 6.08 Å². The molecule has 10 heteroatoms. The number of carbonyl (C=O) groups excluding carboxylic acids is 1. The Kier molecular flexibility index (Phi) is 5.44. The van der Waals surface area contributed by atoms with E-state index in [4.69, 9.17) is 10.5 Å². The zero-order valence-corrected chi connectivity index (χ0v) is 16.2. The molecular formula is C20H22N6O4. The van der Waals surface area contributed by atoms with E-state index in [0.29, 0.717) is 11.2 Å². The second-order valence-corrected chi connectivity index (χ2v) is 7.10. The van der Waals surface area contributed by atoms with Gasteiger partial charge in [-0.05, 0) is 18.6 Å². The number of nitrogens with one attached hydrogen (secondary N) is 1. The third-order valence-electron chi connectivity index (χ3n) is 5.03. The first-order valence-electron chi connectivity index (χ1n) is 9.40. The maximum Gasteiger partial charge on any atom is 0.244 e. The smallest absolute Gasteiger partial charge is 0.244 e. The topological polar surface area (TPSA) is 148 Å². The van der Waals surface area contributed by atoms with Crippen LogP contribution in [0.4, 0.5) is 5.82 Å². The summed E-state index contributed by atoms with van der Waals surface area (Å²) >= 11 is 0. The predicted octanol–water partition coefficient (Wildman–Crippen LogP) is 0.166. The number of aryl methyl sites for hydroxylation is 1. The van der Waals surface area contributed by atoms with Crippen molar-refractivity contribution in [3.63, 3.8) is 0 Å². The maximum atomic E-state index is 12.4. The molecular weight excluding hydrogens is 388 g/mol. The molecule has 3 aromatic rings. The van der Waals surface area contributed by atoms with Crippen LogP contribution < -0.4 is 11.1 Å². The van der Waals surface area contributed by atoms with E-state index in [0.717, 1.165) is 11.1 Å². The monoisotopic (exact) mass is 410 g/mol. The molecule has 0 aliphatic carbocycles. The number of fused-ring (bicyclic) bond motifs is 1. The predicted molar refractivity (Wildman–Crippen MR) is 109 cm³/mol. The molecule has 1 aliphatic heterocycles. The fourth-order valence-corrected chi connectivity index (χ4v) is 3.42. The third-order valence-corrected chi connectivity index (χ3v) is 5.03. The summed E-state index contributed by atoms with van der Waals surface area (Å²) in [5, 5.41) is 23.2. The van der Waals surface area contributed by atoms with E-state index in [2.05, 4.69) is 20.3 Å². The van der Waals surface area contributed by atoms with Gasteiger partial charge >= 0.3 is 0 Å². The lowest BCUT2D eigenvalue weighted by atomic mass is 10.1. The SMILES string of the molecule is Cc1ccc(/C=C/C(=O)N[C@H]2[C@@H](O)[C@H](n3cnc4c(N)ncnc43)O[C@@H]2CO)cc1. The Hall–Kier alpha value is -3.34. The number of aromatic nitrogens is 4. The first kappa shape index (κ1) is 20.0. The van der Waals surface area contributed by atoms with Crippen LogP contribution in [0.5, 0.6) is 0 Å². The molecule has 2 aromatic heterocycles. The molecule has 3 heterocycles. The fraction of sp³-hybridized carbons (Fsp3) is 0.300. The number of rotatable bonds is 5. The summed E-state index contributed by atoms with van der Waals surface area (Å²) in [5.74, 6) is -0.208. The molecule has 1 amide bonds. The molecule has 0 spiro atoms. The maximum absolute atomic E-state index is 12.4. The highest BCUT2D eigenvalue weighted by atomic mass is 16.5. The minimum Gasteiger partial charge on any atom is -0.394 e. The van der Waals surface area contributed by atoms with Crippen molar-refractivity contribution < 1.29 is 19.7 Å². The van der Waals surface area contributed by atoms with E-state index < -0.39 is 30.4 Å². The quantitative estimate of drug-likeness (QED) is 0.435. The lowest BCUT2D eigenvalue weighted by molar-refractivity contribution is -0.118. The Morgan fingerprint density at radius 3 is 2.80 bits per heavy atom. The molecule has 30 heavy (non-hydrogen) atoms. The number of nitrogen functional groups attached to an aromatic ring is 1. The number of hydrogen-bond donors (Lipinski definition) is 4. The van der Waals surface area contributed by atoms with Crippen molar-refractivity contribution >= 4 is 29.0 Å². The van der Waals surface area contributed by atoms with Gasteiger partial charge in [-0.2, -0.15) is 0 Å². The molecule has 4 atom stereocenters. The zero-order valence-electron chi connectivity index (χ0n) is 16.2. The average Bonchev–Trinajstić information content (AvgIpc) is 3.30. The number of amides is 1. The Morgan fingerprint density at radius 1 is 1.30 bits per heavy atom. The standard InChI is InChI=1S/C20H22N6O4/c1-11-2-4-12(5-3-11)6-7-14(28)25-15-13(8-27)30-20(17(15)29)26-10-24-16-18(21)22-9-23-19(16)26/h2-7,9-10,13,15,17,20,27,29H,8H2,1H3,(H,25,28)(H2,21,22,23)/b7-6+/t13-,15-,17-,20-/m1/s1. The molecule has 1 aromatic carbocycles. The normalized spacial score (nSPS) is 24.0. The van der Waals surface area contributed by atoms with E-state index in [9.17, 15) is 15.0 Å². The zero-order chi connectivity index (χ0) is 21.3. The van der Waals surface area contributed by atoms with Gasteiger partial charge in [0.2, 0.25) is 5.91 Å².